The van der Waals surface area contributed by atoms with E-state index in [-0.39, 0.29) is 1.43 Å². The summed E-state index contributed by atoms with van der Waals surface area (Å²) in [4.78, 5) is 0. The molecule has 0 bridgehead atoms. The Morgan fingerprint density at radius 2 is 2.75 bits per heavy atom. The van der Waals surface area contributed by atoms with Crippen molar-refractivity contribution in [3.05, 3.63) is 24.2 Å². The molecule has 44 valence electrons. The van der Waals surface area contributed by atoms with E-state index in [0.717, 1.165) is 5.76 Å². The molecule has 8 heavy (non-hydrogen) atoms. The lowest BCUT2D eigenvalue weighted by molar-refractivity contribution is 0.164. The topological polar surface area (TPSA) is 22.4 Å². The van der Waals surface area contributed by atoms with Crippen LogP contribution in [0.25, 0.3) is 0 Å². The molecule has 2 heteroatoms. The molecule has 0 aliphatic rings. The minimum absolute atomic E-state index is 0. The van der Waals surface area contributed by atoms with E-state index in [1.54, 1.807) is 13.4 Å². The van der Waals surface area contributed by atoms with Crippen molar-refractivity contribution in [2.45, 2.75) is 6.61 Å². The van der Waals surface area contributed by atoms with E-state index < -0.39 is 0 Å². The van der Waals surface area contributed by atoms with Gasteiger partial charge < -0.3 is 9.15 Å². The molecule has 0 saturated carbocycles. The summed E-state index contributed by atoms with van der Waals surface area (Å²) in [5, 5.41) is 0. The highest BCUT2D eigenvalue weighted by atomic mass is 16.5. The Balaban J connectivity index is 0.000000640. The predicted molar refractivity (Wildman–Crippen MR) is 30.5 cm³/mol. The first-order valence-corrected chi connectivity index (χ1v) is 2.45. The van der Waals surface area contributed by atoms with Crippen molar-refractivity contribution in [3.63, 3.8) is 0 Å². The molecule has 0 radical (unpaired) electrons. The summed E-state index contributed by atoms with van der Waals surface area (Å²) in [5.74, 6) is 0.868. The van der Waals surface area contributed by atoms with Crippen LogP contribution < -0.4 is 0 Å². The van der Waals surface area contributed by atoms with Gasteiger partial charge in [-0.15, -0.1) is 0 Å². The fourth-order valence-electron chi connectivity index (χ4n) is 0.537. The van der Waals surface area contributed by atoms with E-state index in [1.165, 1.54) is 0 Å². The molecule has 0 unspecified atom stereocenters. The number of ether oxygens (including phenoxy) is 1. The van der Waals surface area contributed by atoms with E-state index in [0.29, 0.717) is 6.61 Å². The molecule has 0 aliphatic carbocycles. The maximum Gasteiger partial charge on any atom is 1.00 e. The van der Waals surface area contributed by atoms with E-state index in [1.807, 2.05) is 12.1 Å². The summed E-state index contributed by atoms with van der Waals surface area (Å²) in [6, 6.07) is 3.72. The molecule has 0 spiro atoms. The second-order valence-electron chi connectivity index (χ2n) is 1.51. The zero-order valence-electron chi connectivity index (χ0n) is 5.76. The lowest BCUT2D eigenvalue weighted by Crippen LogP contribution is -1.80. The average Bonchev–Trinajstić information content (AvgIpc) is 2.19. The van der Waals surface area contributed by atoms with Gasteiger partial charge in [0.25, 0.3) is 0 Å². The summed E-state index contributed by atoms with van der Waals surface area (Å²) in [6.45, 7) is 0.562. The van der Waals surface area contributed by atoms with Gasteiger partial charge in [-0.05, 0) is 12.1 Å². The fourth-order valence-corrected chi connectivity index (χ4v) is 0.537. The first-order chi connectivity index (χ1) is 3.93. The Hall–Kier alpha value is -0.760. The SMILES string of the molecule is COCc1ccco1.[H+]. The van der Waals surface area contributed by atoms with Gasteiger partial charge in [0, 0.05) is 7.11 Å². The van der Waals surface area contributed by atoms with Crippen LogP contribution in [0.4, 0.5) is 0 Å². The van der Waals surface area contributed by atoms with Gasteiger partial charge in [0.1, 0.15) is 12.4 Å². The lowest BCUT2D eigenvalue weighted by atomic mass is 10.5. The van der Waals surface area contributed by atoms with Crippen LogP contribution in [0.5, 0.6) is 0 Å². The molecule has 1 aromatic heterocycles. The highest BCUT2D eigenvalue weighted by molar-refractivity contribution is 4.95. The first-order valence-electron chi connectivity index (χ1n) is 2.45. The molecule has 1 heterocycles. The Morgan fingerprint density at radius 3 is 3.25 bits per heavy atom. The molecular weight excluding hydrogens is 104 g/mol. The van der Waals surface area contributed by atoms with Crippen LogP contribution in [0.15, 0.2) is 22.8 Å². The summed E-state index contributed by atoms with van der Waals surface area (Å²) < 4.78 is 9.74. The van der Waals surface area contributed by atoms with Crippen LogP contribution in [0, 0.1) is 0 Å². The third-order valence-electron chi connectivity index (χ3n) is 0.867. The zero-order chi connectivity index (χ0) is 5.82. The second-order valence-corrected chi connectivity index (χ2v) is 1.51. The monoisotopic (exact) mass is 113 g/mol. The van der Waals surface area contributed by atoms with Crippen molar-refractivity contribution in [1.29, 1.82) is 0 Å². The molecule has 0 atom stereocenters. The third kappa shape index (κ3) is 1.10. The largest absolute Gasteiger partial charge is 1.00 e. The summed E-state index contributed by atoms with van der Waals surface area (Å²) in [6.07, 6.45) is 1.63. The Kier molecular flexibility index (Phi) is 1.70. The van der Waals surface area contributed by atoms with Crippen molar-refractivity contribution in [2.24, 2.45) is 0 Å². The molecule has 0 N–H and O–H groups in total. The van der Waals surface area contributed by atoms with Crippen molar-refractivity contribution in [3.8, 4) is 0 Å². The number of rotatable bonds is 2. The molecule has 1 rings (SSSR count). The highest BCUT2D eigenvalue weighted by Gasteiger charge is 1.89. The van der Waals surface area contributed by atoms with Gasteiger partial charge in [0.05, 0.1) is 6.26 Å². The number of furan rings is 1. The van der Waals surface area contributed by atoms with Crippen molar-refractivity contribution < 1.29 is 10.6 Å². The van der Waals surface area contributed by atoms with Crippen LogP contribution >= 0.6 is 0 Å². The van der Waals surface area contributed by atoms with Crippen molar-refractivity contribution >= 4 is 0 Å². The second kappa shape index (κ2) is 2.52. The molecule has 2 nitrogen and oxygen atoms in total. The quantitative estimate of drug-likeness (QED) is 0.580. The van der Waals surface area contributed by atoms with E-state index >= 15 is 0 Å². The van der Waals surface area contributed by atoms with E-state index in [2.05, 4.69) is 0 Å². The molecular formula is C6H9O2+. The Morgan fingerprint density at radius 1 is 1.88 bits per heavy atom. The maximum absolute atomic E-state index is 4.95. The summed E-state index contributed by atoms with van der Waals surface area (Å²) >= 11 is 0. The van der Waals surface area contributed by atoms with Crippen LogP contribution in [-0.4, -0.2) is 7.11 Å². The minimum atomic E-state index is 0. The third-order valence-corrected chi connectivity index (χ3v) is 0.867. The van der Waals surface area contributed by atoms with Gasteiger partial charge in [-0.1, -0.05) is 0 Å². The van der Waals surface area contributed by atoms with Crippen molar-refractivity contribution in [2.75, 3.05) is 7.11 Å². The molecule has 0 aliphatic heterocycles. The molecule has 1 aromatic rings. The lowest BCUT2D eigenvalue weighted by Gasteiger charge is -1.88. The van der Waals surface area contributed by atoms with E-state index in [4.69, 9.17) is 9.15 Å². The minimum Gasteiger partial charge on any atom is -0.467 e. The standard InChI is InChI=1S/C6H8O2/c1-7-5-6-3-2-4-8-6/h2-4H,5H2,1H3/p+1. The maximum atomic E-state index is 4.95. The van der Waals surface area contributed by atoms with Crippen LogP contribution in [0.3, 0.4) is 0 Å². The normalized spacial score (nSPS) is 9.62. The van der Waals surface area contributed by atoms with Crippen LogP contribution in [0.1, 0.15) is 7.19 Å². The van der Waals surface area contributed by atoms with Gasteiger partial charge >= 0.3 is 1.43 Å². The number of hydrogen-bond acceptors (Lipinski definition) is 2. The average molecular weight is 113 g/mol. The molecule has 0 aromatic carbocycles. The van der Waals surface area contributed by atoms with Gasteiger partial charge in [-0.2, -0.15) is 0 Å². The smallest absolute Gasteiger partial charge is 0.467 e. The fraction of sp³-hybridized carbons (Fsp3) is 0.333. The van der Waals surface area contributed by atoms with Gasteiger partial charge in [0.2, 0.25) is 0 Å². The summed E-state index contributed by atoms with van der Waals surface area (Å²) in [5.41, 5.74) is 0. The number of hydrogen-bond donors (Lipinski definition) is 0. The van der Waals surface area contributed by atoms with Crippen LogP contribution in [0.2, 0.25) is 0 Å². The first kappa shape index (κ1) is 5.38. The highest BCUT2D eigenvalue weighted by Crippen LogP contribution is 1.99. The molecule has 0 fully saturated rings. The van der Waals surface area contributed by atoms with Gasteiger partial charge in [0.15, 0.2) is 0 Å². The Labute approximate surface area is 49.6 Å². The van der Waals surface area contributed by atoms with Gasteiger partial charge in [-0.3, -0.25) is 0 Å². The van der Waals surface area contributed by atoms with E-state index in [9.17, 15) is 0 Å². The Bertz CT molecular complexity index is 137. The molecule has 0 amide bonds. The van der Waals surface area contributed by atoms with Gasteiger partial charge in [-0.25, -0.2) is 0 Å². The number of methoxy groups -OCH3 is 1. The van der Waals surface area contributed by atoms with Crippen LogP contribution in [-0.2, 0) is 11.3 Å². The summed E-state index contributed by atoms with van der Waals surface area (Å²) in [7, 11) is 1.64. The molecule has 0 saturated heterocycles. The predicted octanol–water partition coefficient (Wildman–Crippen LogP) is 1.54. The van der Waals surface area contributed by atoms with Crippen molar-refractivity contribution in [1.82, 2.24) is 0 Å². The zero-order valence-corrected chi connectivity index (χ0v) is 4.76.